The van der Waals surface area contributed by atoms with Crippen LogP contribution in [0.4, 0.5) is 24.5 Å². The van der Waals surface area contributed by atoms with Crippen molar-refractivity contribution >= 4 is 44.7 Å². The van der Waals surface area contributed by atoms with Gasteiger partial charge in [0, 0.05) is 17.1 Å². The first kappa shape index (κ1) is 26.5. The number of hydrogen-bond acceptors (Lipinski definition) is 9. The summed E-state index contributed by atoms with van der Waals surface area (Å²) in [5, 5.41) is 22.1. The van der Waals surface area contributed by atoms with E-state index in [9.17, 15) is 32.9 Å². The molecule has 2 amide bonds. The number of primary amides is 1. The Morgan fingerprint density at radius 2 is 2.00 bits per heavy atom. The van der Waals surface area contributed by atoms with Gasteiger partial charge in [-0.3, -0.25) is 24.4 Å². The number of fused-ring (bicyclic) bond motifs is 1. The van der Waals surface area contributed by atoms with Crippen LogP contribution < -0.4 is 11.1 Å². The van der Waals surface area contributed by atoms with Crippen molar-refractivity contribution in [1.82, 2.24) is 24.5 Å². The molecular formula is C23H17F3N8O5S. The number of aromatic nitrogens is 5. The van der Waals surface area contributed by atoms with Crippen molar-refractivity contribution in [3.05, 3.63) is 74.5 Å². The number of aryl methyl sites for hydroxylation is 1. The molecule has 0 fully saturated rings. The minimum absolute atomic E-state index is 0.0319. The predicted molar refractivity (Wildman–Crippen MR) is 135 cm³/mol. The number of alkyl halides is 3. The number of rotatable bonds is 7. The van der Waals surface area contributed by atoms with Crippen LogP contribution in [0.1, 0.15) is 37.2 Å². The highest BCUT2D eigenvalue weighted by Crippen LogP contribution is 2.43. The Bertz CT molecular complexity index is 1800. The zero-order chi connectivity index (χ0) is 28.9. The second kappa shape index (κ2) is 9.60. The van der Waals surface area contributed by atoms with E-state index in [4.69, 9.17) is 10.2 Å². The van der Waals surface area contributed by atoms with Crippen molar-refractivity contribution in [1.29, 1.82) is 0 Å². The van der Waals surface area contributed by atoms with Gasteiger partial charge >= 0.3 is 11.9 Å². The smallest absolute Gasteiger partial charge is 0.433 e. The largest absolute Gasteiger partial charge is 0.464 e. The SMILES string of the molecule is Cc1nn(Cn2ccc(C(=O)Nc3c(C(N)=O)sc4nc(C(F)(F)F)cc(-c5ccco5)c34)n2)c(C)c1[N+](=O)[O-]. The summed E-state index contributed by atoms with van der Waals surface area (Å²) in [5.41, 5.74) is 4.32. The van der Waals surface area contributed by atoms with E-state index >= 15 is 0 Å². The fraction of sp³-hybridized carbons (Fsp3) is 0.174. The quantitative estimate of drug-likeness (QED) is 0.213. The summed E-state index contributed by atoms with van der Waals surface area (Å²) in [6, 6.07) is 5.00. The number of nitro groups is 1. The molecule has 206 valence electrons. The van der Waals surface area contributed by atoms with Gasteiger partial charge in [0.25, 0.3) is 11.8 Å². The maximum Gasteiger partial charge on any atom is 0.433 e. The molecule has 13 nitrogen and oxygen atoms in total. The van der Waals surface area contributed by atoms with E-state index in [1.807, 2.05) is 0 Å². The van der Waals surface area contributed by atoms with Crippen LogP contribution >= 0.6 is 11.3 Å². The fourth-order valence-electron chi connectivity index (χ4n) is 4.13. The Balaban J connectivity index is 1.53. The summed E-state index contributed by atoms with van der Waals surface area (Å²) >= 11 is 0.591. The highest BCUT2D eigenvalue weighted by atomic mass is 32.1. The van der Waals surface area contributed by atoms with Gasteiger partial charge in [0.1, 0.15) is 39.2 Å². The number of nitrogens with two attached hydrogens (primary N) is 1. The molecular weight excluding hydrogens is 557 g/mol. The summed E-state index contributed by atoms with van der Waals surface area (Å²) in [4.78, 5) is 39.4. The normalized spacial score (nSPS) is 11.7. The van der Waals surface area contributed by atoms with Crippen LogP contribution in [0, 0.1) is 24.0 Å². The van der Waals surface area contributed by atoms with Crippen LogP contribution in [-0.2, 0) is 12.8 Å². The molecule has 0 aliphatic rings. The second-order valence-corrected chi connectivity index (χ2v) is 9.49. The Hall–Kier alpha value is -5.06. The summed E-state index contributed by atoms with van der Waals surface area (Å²) in [6.07, 6.45) is -2.10. The molecule has 5 heterocycles. The van der Waals surface area contributed by atoms with E-state index in [2.05, 4.69) is 20.5 Å². The van der Waals surface area contributed by atoms with Crippen LogP contribution in [0.3, 0.4) is 0 Å². The molecule has 5 rings (SSSR count). The van der Waals surface area contributed by atoms with Gasteiger partial charge in [0.05, 0.1) is 16.9 Å². The summed E-state index contributed by atoms with van der Waals surface area (Å²) in [7, 11) is 0. The summed E-state index contributed by atoms with van der Waals surface area (Å²) in [5.74, 6) is -1.75. The molecule has 0 aromatic carbocycles. The van der Waals surface area contributed by atoms with Gasteiger partial charge in [-0.1, -0.05) is 0 Å². The van der Waals surface area contributed by atoms with E-state index in [1.165, 1.54) is 53.9 Å². The van der Waals surface area contributed by atoms with Crippen molar-refractivity contribution in [2.24, 2.45) is 5.73 Å². The molecule has 40 heavy (non-hydrogen) atoms. The first-order valence-electron chi connectivity index (χ1n) is 11.3. The van der Waals surface area contributed by atoms with Crippen LogP contribution in [0.25, 0.3) is 21.5 Å². The highest BCUT2D eigenvalue weighted by molar-refractivity contribution is 7.21. The highest BCUT2D eigenvalue weighted by Gasteiger charge is 2.35. The van der Waals surface area contributed by atoms with Gasteiger partial charge in [-0.25, -0.2) is 9.67 Å². The van der Waals surface area contributed by atoms with Crippen molar-refractivity contribution in [3.63, 3.8) is 0 Å². The number of pyridine rings is 1. The van der Waals surface area contributed by atoms with Gasteiger partial charge in [0.15, 0.2) is 5.69 Å². The molecule has 0 saturated carbocycles. The van der Waals surface area contributed by atoms with Gasteiger partial charge in [0.2, 0.25) is 0 Å². The lowest BCUT2D eigenvalue weighted by molar-refractivity contribution is -0.386. The Kier molecular flexibility index (Phi) is 6.37. The van der Waals surface area contributed by atoms with E-state index in [0.717, 1.165) is 6.07 Å². The number of anilines is 1. The molecule has 5 aromatic heterocycles. The topological polar surface area (TPSA) is 177 Å². The van der Waals surface area contributed by atoms with Crippen molar-refractivity contribution in [2.75, 3.05) is 5.32 Å². The van der Waals surface area contributed by atoms with Crippen molar-refractivity contribution in [2.45, 2.75) is 26.7 Å². The zero-order valence-corrected chi connectivity index (χ0v) is 21.3. The Morgan fingerprint density at radius 1 is 1.25 bits per heavy atom. The number of nitrogens with one attached hydrogen (secondary N) is 1. The number of amides is 2. The van der Waals surface area contributed by atoms with Crippen molar-refractivity contribution < 1.29 is 32.1 Å². The van der Waals surface area contributed by atoms with Crippen LogP contribution in [-0.4, -0.2) is 41.3 Å². The molecule has 0 saturated heterocycles. The molecule has 0 spiro atoms. The fourth-order valence-corrected chi connectivity index (χ4v) is 5.14. The van der Waals surface area contributed by atoms with Gasteiger partial charge in [-0.05, 0) is 38.1 Å². The van der Waals surface area contributed by atoms with E-state index in [-0.39, 0.29) is 61.5 Å². The molecule has 0 radical (unpaired) electrons. The lowest BCUT2D eigenvalue weighted by atomic mass is 10.1. The zero-order valence-electron chi connectivity index (χ0n) is 20.5. The third-order valence-corrected chi connectivity index (χ3v) is 6.98. The standard InChI is InChI=1S/C23H17F3N8O5S/c1-10-18(34(37)38)11(2)33(30-10)9-32-6-5-13(31-32)21(36)29-17-16-12(14-4-3-7-39-14)8-15(23(24,25)26)28-22(16)40-19(17)20(27)35/h3-8H,9H2,1-2H3,(H2,27,35)(H,29,36). The number of hydrogen-bond donors (Lipinski definition) is 2. The number of nitrogens with zero attached hydrogens (tertiary/aromatic N) is 6. The summed E-state index contributed by atoms with van der Waals surface area (Å²) < 4.78 is 48.7. The first-order valence-corrected chi connectivity index (χ1v) is 12.1. The molecule has 0 aliphatic heterocycles. The minimum Gasteiger partial charge on any atom is -0.464 e. The average molecular weight is 575 g/mol. The number of furan rings is 1. The average Bonchev–Trinajstić information content (AvgIpc) is 3.65. The van der Waals surface area contributed by atoms with Crippen LogP contribution in [0.15, 0.2) is 41.1 Å². The van der Waals surface area contributed by atoms with Crippen LogP contribution in [0.2, 0.25) is 0 Å². The molecule has 0 atom stereocenters. The molecule has 3 N–H and O–H groups in total. The molecule has 5 aromatic rings. The summed E-state index contributed by atoms with van der Waals surface area (Å²) in [6.45, 7) is 2.97. The maximum absolute atomic E-state index is 13.6. The van der Waals surface area contributed by atoms with E-state index in [1.54, 1.807) is 0 Å². The number of halogens is 3. The van der Waals surface area contributed by atoms with Crippen molar-refractivity contribution in [3.8, 4) is 11.3 Å². The molecule has 0 bridgehead atoms. The second-order valence-electron chi connectivity index (χ2n) is 8.49. The number of thiophene rings is 1. The molecule has 0 aliphatic carbocycles. The third-order valence-electron chi connectivity index (χ3n) is 5.88. The monoisotopic (exact) mass is 574 g/mol. The maximum atomic E-state index is 13.6. The lowest BCUT2D eigenvalue weighted by Crippen LogP contribution is -2.18. The van der Waals surface area contributed by atoms with Crippen LogP contribution in [0.5, 0.6) is 0 Å². The Labute approximate surface area is 225 Å². The van der Waals surface area contributed by atoms with E-state index < -0.39 is 28.6 Å². The molecule has 17 heteroatoms. The van der Waals surface area contributed by atoms with Gasteiger partial charge < -0.3 is 15.5 Å². The Morgan fingerprint density at radius 3 is 2.60 bits per heavy atom. The minimum atomic E-state index is -4.80. The number of carbonyl (C=O) groups is 2. The third kappa shape index (κ3) is 4.66. The van der Waals surface area contributed by atoms with Gasteiger partial charge in [-0.15, -0.1) is 11.3 Å². The first-order chi connectivity index (χ1) is 18.8. The molecule has 0 unspecified atom stereocenters. The van der Waals surface area contributed by atoms with Gasteiger partial charge in [-0.2, -0.15) is 23.4 Å². The van der Waals surface area contributed by atoms with E-state index in [0.29, 0.717) is 11.3 Å². The lowest BCUT2D eigenvalue weighted by Gasteiger charge is -2.10. The predicted octanol–water partition coefficient (Wildman–Crippen LogP) is 4.35. The number of carbonyl (C=O) groups excluding carboxylic acids is 2.